The average molecular weight is 322 g/mol. The lowest BCUT2D eigenvalue weighted by Crippen LogP contribution is -2.14. The minimum Gasteiger partial charge on any atom is -0.204 e. The fourth-order valence-corrected chi connectivity index (χ4v) is 3.95. The van der Waals surface area contributed by atoms with Crippen molar-refractivity contribution in [3.8, 4) is 0 Å². The molecule has 1 aliphatic rings. The number of hydrogen-bond acceptors (Lipinski definition) is 0. The standard InChI is InChI=1S/C21H32F2/c1-2-3-4-7-17-10-12-18(13-11-17)8-5-6-9-19-14-15-20(22)21(23)16-19/h14-18H,2-13H2,1H3/t17-,18-. The summed E-state index contributed by atoms with van der Waals surface area (Å²) in [6, 6.07) is 4.29. The third kappa shape index (κ3) is 6.61. The van der Waals surface area contributed by atoms with Gasteiger partial charge in [-0.2, -0.15) is 0 Å². The van der Waals surface area contributed by atoms with Crippen molar-refractivity contribution < 1.29 is 8.78 Å². The van der Waals surface area contributed by atoms with Crippen LogP contribution >= 0.6 is 0 Å². The van der Waals surface area contributed by atoms with E-state index < -0.39 is 11.6 Å². The number of benzene rings is 1. The second-order valence-corrected chi connectivity index (χ2v) is 7.38. The van der Waals surface area contributed by atoms with Gasteiger partial charge >= 0.3 is 0 Å². The summed E-state index contributed by atoms with van der Waals surface area (Å²) in [5.41, 5.74) is 0.920. The summed E-state index contributed by atoms with van der Waals surface area (Å²) in [4.78, 5) is 0. The maximum absolute atomic E-state index is 13.2. The lowest BCUT2D eigenvalue weighted by molar-refractivity contribution is 0.245. The lowest BCUT2D eigenvalue weighted by atomic mass is 9.78. The van der Waals surface area contributed by atoms with E-state index in [1.54, 1.807) is 6.07 Å². The zero-order chi connectivity index (χ0) is 16.5. The Labute approximate surface area is 140 Å². The molecule has 1 aromatic rings. The molecule has 0 aliphatic heterocycles. The maximum atomic E-state index is 13.2. The third-order valence-electron chi connectivity index (χ3n) is 5.49. The van der Waals surface area contributed by atoms with Crippen molar-refractivity contribution in [3.05, 3.63) is 35.4 Å². The van der Waals surface area contributed by atoms with Crippen molar-refractivity contribution in [1.29, 1.82) is 0 Å². The summed E-state index contributed by atoms with van der Waals surface area (Å²) in [6.45, 7) is 2.28. The quantitative estimate of drug-likeness (QED) is 0.427. The molecule has 0 bridgehead atoms. The van der Waals surface area contributed by atoms with Crippen LogP contribution in [0.1, 0.15) is 83.1 Å². The topological polar surface area (TPSA) is 0 Å². The predicted molar refractivity (Wildman–Crippen MR) is 93.5 cm³/mol. The Hall–Kier alpha value is -0.920. The fraction of sp³-hybridized carbons (Fsp3) is 0.714. The second kappa shape index (κ2) is 10.1. The van der Waals surface area contributed by atoms with E-state index >= 15 is 0 Å². The lowest BCUT2D eigenvalue weighted by Gasteiger charge is -2.28. The van der Waals surface area contributed by atoms with Crippen LogP contribution in [0.2, 0.25) is 0 Å². The van der Waals surface area contributed by atoms with Crippen LogP contribution in [0.4, 0.5) is 8.78 Å². The Bertz CT molecular complexity index is 447. The highest BCUT2D eigenvalue weighted by Crippen LogP contribution is 2.34. The first-order valence-electron chi connectivity index (χ1n) is 9.63. The van der Waals surface area contributed by atoms with Crippen LogP contribution in [0, 0.1) is 23.5 Å². The normalized spacial score (nSPS) is 21.5. The van der Waals surface area contributed by atoms with E-state index in [1.165, 1.54) is 76.3 Å². The molecule has 0 N–H and O–H groups in total. The SMILES string of the molecule is CCCCC[C@H]1CC[C@H](CCCCc2ccc(F)c(F)c2)CC1. The molecule has 23 heavy (non-hydrogen) atoms. The van der Waals surface area contributed by atoms with E-state index in [4.69, 9.17) is 0 Å². The van der Waals surface area contributed by atoms with Gasteiger partial charge in [-0.15, -0.1) is 0 Å². The molecular weight excluding hydrogens is 290 g/mol. The maximum Gasteiger partial charge on any atom is 0.159 e. The molecule has 0 heterocycles. The van der Waals surface area contributed by atoms with Gasteiger partial charge in [0.2, 0.25) is 0 Å². The largest absolute Gasteiger partial charge is 0.204 e. The van der Waals surface area contributed by atoms with Crippen LogP contribution < -0.4 is 0 Å². The molecule has 0 unspecified atom stereocenters. The predicted octanol–water partition coefficient (Wildman–Crippen LogP) is 7.06. The molecule has 0 spiro atoms. The van der Waals surface area contributed by atoms with E-state index in [9.17, 15) is 8.78 Å². The van der Waals surface area contributed by atoms with Crippen LogP contribution in [0.3, 0.4) is 0 Å². The Morgan fingerprint density at radius 1 is 0.826 bits per heavy atom. The molecule has 0 amide bonds. The summed E-state index contributed by atoms with van der Waals surface area (Å²) >= 11 is 0. The first kappa shape index (κ1) is 18.4. The fourth-order valence-electron chi connectivity index (χ4n) is 3.95. The Morgan fingerprint density at radius 2 is 1.43 bits per heavy atom. The molecule has 1 saturated carbocycles. The first-order chi connectivity index (χ1) is 11.2. The highest BCUT2D eigenvalue weighted by Gasteiger charge is 2.20. The van der Waals surface area contributed by atoms with Crippen LogP contribution in [0.25, 0.3) is 0 Å². The van der Waals surface area contributed by atoms with Gasteiger partial charge < -0.3 is 0 Å². The number of rotatable bonds is 9. The van der Waals surface area contributed by atoms with Gasteiger partial charge in [-0.3, -0.25) is 0 Å². The highest BCUT2D eigenvalue weighted by atomic mass is 19.2. The Balaban J connectivity index is 1.56. The zero-order valence-corrected chi connectivity index (χ0v) is 14.6. The van der Waals surface area contributed by atoms with Crippen LogP contribution in [-0.4, -0.2) is 0 Å². The van der Waals surface area contributed by atoms with Crippen LogP contribution in [0.5, 0.6) is 0 Å². The summed E-state index contributed by atoms with van der Waals surface area (Å²) < 4.78 is 26.0. The van der Waals surface area contributed by atoms with Crippen molar-refractivity contribution in [1.82, 2.24) is 0 Å². The molecule has 0 saturated heterocycles. The summed E-state index contributed by atoms with van der Waals surface area (Å²) in [7, 11) is 0. The number of hydrogen-bond donors (Lipinski definition) is 0. The Morgan fingerprint density at radius 3 is 2.00 bits per heavy atom. The van der Waals surface area contributed by atoms with Crippen molar-refractivity contribution in [2.75, 3.05) is 0 Å². The van der Waals surface area contributed by atoms with Gasteiger partial charge in [0.15, 0.2) is 11.6 Å². The third-order valence-corrected chi connectivity index (χ3v) is 5.49. The molecule has 1 fully saturated rings. The summed E-state index contributed by atoms with van der Waals surface area (Å²) in [6.07, 6.45) is 15.7. The van der Waals surface area contributed by atoms with Crippen molar-refractivity contribution >= 4 is 0 Å². The molecule has 2 heteroatoms. The van der Waals surface area contributed by atoms with E-state index in [1.807, 2.05) is 0 Å². The minimum atomic E-state index is -0.746. The zero-order valence-electron chi connectivity index (χ0n) is 14.6. The van der Waals surface area contributed by atoms with Gasteiger partial charge in [0.1, 0.15) is 0 Å². The molecular formula is C21H32F2. The van der Waals surface area contributed by atoms with Gasteiger partial charge in [0, 0.05) is 0 Å². The van der Waals surface area contributed by atoms with Gasteiger partial charge in [0.05, 0.1) is 0 Å². The monoisotopic (exact) mass is 322 g/mol. The Kier molecular flexibility index (Phi) is 8.05. The molecule has 0 nitrogen and oxygen atoms in total. The van der Waals surface area contributed by atoms with Crippen LogP contribution in [0.15, 0.2) is 18.2 Å². The van der Waals surface area contributed by atoms with Crippen LogP contribution in [-0.2, 0) is 6.42 Å². The van der Waals surface area contributed by atoms with Gasteiger partial charge in [-0.05, 0) is 42.4 Å². The van der Waals surface area contributed by atoms with Crippen molar-refractivity contribution in [2.24, 2.45) is 11.8 Å². The van der Waals surface area contributed by atoms with E-state index in [-0.39, 0.29) is 0 Å². The van der Waals surface area contributed by atoms with Gasteiger partial charge in [-0.1, -0.05) is 77.2 Å². The molecule has 0 atom stereocenters. The van der Waals surface area contributed by atoms with Crippen molar-refractivity contribution in [3.63, 3.8) is 0 Å². The second-order valence-electron chi connectivity index (χ2n) is 7.38. The average Bonchev–Trinajstić information content (AvgIpc) is 2.56. The highest BCUT2D eigenvalue weighted by molar-refractivity contribution is 5.17. The van der Waals surface area contributed by atoms with E-state index in [2.05, 4.69) is 6.92 Å². The number of unbranched alkanes of at least 4 members (excludes halogenated alkanes) is 3. The number of aryl methyl sites for hydroxylation is 1. The molecule has 0 radical (unpaired) electrons. The molecule has 1 aromatic carbocycles. The molecule has 1 aliphatic carbocycles. The van der Waals surface area contributed by atoms with Crippen molar-refractivity contribution in [2.45, 2.75) is 84.0 Å². The smallest absolute Gasteiger partial charge is 0.159 e. The van der Waals surface area contributed by atoms with Gasteiger partial charge in [-0.25, -0.2) is 8.78 Å². The number of halogens is 2. The molecule has 0 aromatic heterocycles. The van der Waals surface area contributed by atoms with E-state index in [0.29, 0.717) is 0 Å². The van der Waals surface area contributed by atoms with E-state index in [0.717, 1.165) is 30.2 Å². The molecule has 130 valence electrons. The summed E-state index contributed by atoms with van der Waals surface area (Å²) in [5, 5.41) is 0. The summed E-state index contributed by atoms with van der Waals surface area (Å²) in [5.74, 6) is 0.427. The minimum absolute atomic E-state index is 0.719. The first-order valence-corrected chi connectivity index (χ1v) is 9.63. The van der Waals surface area contributed by atoms with Gasteiger partial charge in [0.25, 0.3) is 0 Å². The molecule has 2 rings (SSSR count).